The summed E-state index contributed by atoms with van der Waals surface area (Å²) in [7, 11) is 0. The first-order valence-electron chi connectivity index (χ1n) is 10.1. The van der Waals surface area contributed by atoms with Crippen LogP contribution in [0, 0.1) is 0 Å². The Morgan fingerprint density at radius 1 is 1.06 bits per heavy atom. The molecule has 1 amide bonds. The van der Waals surface area contributed by atoms with Crippen molar-refractivity contribution in [2.75, 3.05) is 18.9 Å². The zero-order valence-corrected chi connectivity index (χ0v) is 18.6. The second-order valence-corrected chi connectivity index (χ2v) is 7.20. The molecule has 0 spiro atoms. The summed E-state index contributed by atoms with van der Waals surface area (Å²) in [5, 5.41) is 2.70. The van der Waals surface area contributed by atoms with Gasteiger partial charge in [0.1, 0.15) is 24.9 Å². The highest BCUT2D eigenvalue weighted by Gasteiger charge is 2.51. The van der Waals surface area contributed by atoms with Crippen LogP contribution in [0.1, 0.15) is 31.1 Å². The molecule has 1 saturated heterocycles. The van der Waals surface area contributed by atoms with E-state index in [9.17, 15) is 19.2 Å². The van der Waals surface area contributed by atoms with Gasteiger partial charge in [0, 0.05) is 26.5 Å². The quantitative estimate of drug-likeness (QED) is 0.231. The average molecular weight is 464 g/mol. The van der Waals surface area contributed by atoms with E-state index in [1.54, 1.807) is 18.2 Å². The monoisotopic (exact) mass is 464 g/mol. The van der Waals surface area contributed by atoms with Gasteiger partial charge in [-0.3, -0.25) is 19.2 Å². The first-order valence-corrected chi connectivity index (χ1v) is 10.1. The van der Waals surface area contributed by atoms with Crippen molar-refractivity contribution < 1.29 is 42.9 Å². The molecule has 2 rings (SSSR count). The zero-order valence-electron chi connectivity index (χ0n) is 18.6. The maximum absolute atomic E-state index is 13.0. The fourth-order valence-corrected chi connectivity index (χ4v) is 3.30. The van der Waals surface area contributed by atoms with Crippen molar-refractivity contribution in [1.82, 2.24) is 5.32 Å². The number of nitrogen functional groups attached to an aromatic ring is 1. The second kappa shape index (κ2) is 12.0. The predicted octanol–water partition coefficient (Wildman–Crippen LogP) is 0.721. The minimum atomic E-state index is -1.35. The lowest BCUT2D eigenvalue weighted by Gasteiger charge is -2.45. The number of hydrogen-bond donors (Lipinski definition) is 2. The zero-order chi connectivity index (χ0) is 24.5. The lowest BCUT2D eigenvalue weighted by atomic mass is 9.95. The number of nitrogens with two attached hydrogens (primary N) is 1. The predicted molar refractivity (Wildman–Crippen MR) is 115 cm³/mol. The molecule has 1 aromatic carbocycles. The topological polar surface area (TPSA) is 152 Å². The summed E-state index contributed by atoms with van der Waals surface area (Å²) in [5.74, 6) is -2.54. The minimum absolute atomic E-state index is 0.00928. The summed E-state index contributed by atoms with van der Waals surface area (Å²) in [6.45, 7) is 6.84. The van der Waals surface area contributed by atoms with Gasteiger partial charge in [0.15, 0.2) is 6.10 Å². The molecule has 11 heteroatoms. The number of anilines is 1. The second-order valence-electron chi connectivity index (χ2n) is 7.20. The molecular weight excluding hydrogens is 436 g/mol. The molecule has 1 aliphatic rings. The van der Waals surface area contributed by atoms with Crippen LogP contribution in [0.25, 0.3) is 0 Å². The van der Waals surface area contributed by atoms with Crippen LogP contribution in [0.3, 0.4) is 0 Å². The van der Waals surface area contributed by atoms with E-state index in [0.29, 0.717) is 0 Å². The highest BCUT2D eigenvalue weighted by molar-refractivity contribution is 5.99. The molecule has 0 saturated carbocycles. The third-order valence-corrected chi connectivity index (χ3v) is 4.59. The number of benzene rings is 1. The van der Waals surface area contributed by atoms with Crippen LogP contribution in [0.2, 0.25) is 0 Å². The number of carbonyl (C=O) groups is 4. The van der Waals surface area contributed by atoms with Crippen LogP contribution < -0.4 is 11.1 Å². The van der Waals surface area contributed by atoms with Gasteiger partial charge in [-0.05, 0) is 12.1 Å². The van der Waals surface area contributed by atoms with Gasteiger partial charge in [-0.25, -0.2) is 0 Å². The molecule has 33 heavy (non-hydrogen) atoms. The molecule has 180 valence electrons. The minimum Gasteiger partial charge on any atom is -0.463 e. The van der Waals surface area contributed by atoms with Crippen molar-refractivity contribution in [1.29, 1.82) is 0 Å². The van der Waals surface area contributed by atoms with Crippen molar-refractivity contribution in [3.05, 3.63) is 42.5 Å². The summed E-state index contributed by atoms with van der Waals surface area (Å²) in [5.41, 5.74) is 6.30. The third-order valence-electron chi connectivity index (χ3n) is 4.59. The Labute approximate surface area is 191 Å². The van der Waals surface area contributed by atoms with E-state index >= 15 is 0 Å². The number of ether oxygens (including phenoxy) is 5. The Hall–Kier alpha value is -3.44. The molecule has 0 aliphatic carbocycles. The van der Waals surface area contributed by atoms with Gasteiger partial charge < -0.3 is 34.7 Å². The largest absolute Gasteiger partial charge is 0.463 e. The number of amides is 1. The van der Waals surface area contributed by atoms with Gasteiger partial charge in [0.2, 0.25) is 6.29 Å². The van der Waals surface area contributed by atoms with Crippen molar-refractivity contribution >= 4 is 29.5 Å². The lowest BCUT2D eigenvalue weighted by molar-refractivity contribution is -0.272. The summed E-state index contributed by atoms with van der Waals surface area (Å²) < 4.78 is 27.3. The van der Waals surface area contributed by atoms with E-state index in [4.69, 9.17) is 29.4 Å². The Bertz CT molecular complexity index is 888. The van der Waals surface area contributed by atoms with E-state index < -0.39 is 54.5 Å². The van der Waals surface area contributed by atoms with Crippen LogP contribution in [0.4, 0.5) is 5.69 Å². The smallest absolute Gasteiger partial charge is 0.305 e. The van der Waals surface area contributed by atoms with Crippen molar-refractivity contribution in [3.63, 3.8) is 0 Å². The van der Waals surface area contributed by atoms with Gasteiger partial charge in [0.05, 0.1) is 12.2 Å². The maximum Gasteiger partial charge on any atom is 0.305 e. The summed E-state index contributed by atoms with van der Waals surface area (Å²) in [6, 6.07) is 5.26. The molecule has 0 bridgehead atoms. The summed E-state index contributed by atoms with van der Waals surface area (Å²) >= 11 is 0. The highest BCUT2D eigenvalue weighted by atomic mass is 16.7. The lowest BCUT2D eigenvalue weighted by Crippen LogP contribution is -2.66. The van der Waals surface area contributed by atoms with Crippen LogP contribution in [-0.2, 0) is 38.1 Å². The van der Waals surface area contributed by atoms with Crippen LogP contribution in [0.15, 0.2) is 36.9 Å². The van der Waals surface area contributed by atoms with Crippen molar-refractivity contribution in [3.8, 4) is 0 Å². The number of hydrogen-bond acceptors (Lipinski definition) is 10. The fourth-order valence-electron chi connectivity index (χ4n) is 3.30. The molecule has 3 unspecified atom stereocenters. The van der Waals surface area contributed by atoms with Crippen molar-refractivity contribution in [2.45, 2.75) is 51.4 Å². The first-order chi connectivity index (χ1) is 15.6. The molecule has 3 N–H and O–H groups in total. The van der Waals surface area contributed by atoms with Crippen molar-refractivity contribution in [2.24, 2.45) is 0 Å². The van der Waals surface area contributed by atoms with Crippen LogP contribution >= 0.6 is 0 Å². The number of carbonyl (C=O) groups excluding carboxylic acids is 4. The standard InChI is InChI=1S/C22H28N2O9/c1-5-10-29-20-18(24-21(28)15-8-6-7-9-16(15)23)22(32-14(4)27)33-17(11-30-12(2)25)19(20)31-13(3)26/h5-9,17-20,22H,1,10-11,23H2,2-4H3,(H,24,28)/t17?,18?,19-,20+,22?/m0/s1. The van der Waals surface area contributed by atoms with Gasteiger partial charge in [-0.15, -0.1) is 6.58 Å². The molecule has 11 nitrogen and oxygen atoms in total. The van der Waals surface area contributed by atoms with Crippen LogP contribution in [-0.4, -0.2) is 67.7 Å². The summed E-state index contributed by atoms with van der Waals surface area (Å²) in [6.07, 6.45) is -3.12. The van der Waals surface area contributed by atoms with E-state index in [2.05, 4.69) is 11.9 Å². The van der Waals surface area contributed by atoms with E-state index in [0.717, 1.165) is 6.92 Å². The Morgan fingerprint density at radius 2 is 1.73 bits per heavy atom. The van der Waals surface area contributed by atoms with Gasteiger partial charge in [-0.1, -0.05) is 18.2 Å². The summed E-state index contributed by atoms with van der Waals surface area (Å²) in [4.78, 5) is 47.9. The number of para-hydroxylation sites is 1. The molecular formula is C22H28N2O9. The van der Waals surface area contributed by atoms with Gasteiger partial charge in [-0.2, -0.15) is 0 Å². The fraction of sp³-hybridized carbons (Fsp3) is 0.455. The number of esters is 3. The van der Waals surface area contributed by atoms with E-state index in [1.165, 1.54) is 26.0 Å². The Kier molecular flexibility index (Phi) is 9.37. The number of nitrogens with one attached hydrogen (secondary N) is 1. The molecule has 1 aliphatic heterocycles. The van der Waals surface area contributed by atoms with Crippen LogP contribution in [0.5, 0.6) is 0 Å². The molecule has 1 heterocycles. The molecule has 1 aromatic rings. The molecule has 0 radical (unpaired) electrons. The maximum atomic E-state index is 13.0. The SMILES string of the molecule is C=CCO[C@@H]1C(NC(=O)c2ccccc2N)C(OC(C)=O)OC(COC(C)=O)[C@@H]1OC(C)=O. The van der Waals surface area contributed by atoms with Gasteiger partial charge >= 0.3 is 17.9 Å². The van der Waals surface area contributed by atoms with E-state index in [1.807, 2.05) is 0 Å². The molecule has 0 aromatic heterocycles. The first kappa shape index (κ1) is 25.8. The third kappa shape index (κ3) is 7.29. The normalized spacial score (nSPS) is 24.3. The Balaban J connectivity index is 2.44. The number of rotatable bonds is 9. The highest BCUT2D eigenvalue weighted by Crippen LogP contribution is 2.28. The molecule has 1 fully saturated rings. The average Bonchev–Trinajstić information content (AvgIpc) is 2.73. The van der Waals surface area contributed by atoms with Gasteiger partial charge in [0.25, 0.3) is 5.91 Å². The Morgan fingerprint density at radius 3 is 2.30 bits per heavy atom. The molecule has 5 atom stereocenters. The van der Waals surface area contributed by atoms with E-state index in [-0.39, 0.29) is 24.5 Å².